The van der Waals surface area contributed by atoms with Crippen LogP contribution in [0.25, 0.3) is 0 Å². The summed E-state index contributed by atoms with van der Waals surface area (Å²) in [7, 11) is 2.01. The minimum Gasteiger partial charge on any atom is -0.396 e. The van der Waals surface area contributed by atoms with E-state index in [9.17, 15) is 0 Å². The monoisotopic (exact) mass is 257 g/mol. The van der Waals surface area contributed by atoms with Crippen molar-refractivity contribution in [2.75, 3.05) is 25.2 Å². The molecular formula is C16H19NO2. The van der Waals surface area contributed by atoms with Crippen molar-refractivity contribution in [3.05, 3.63) is 60.2 Å². The van der Waals surface area contributed by atoms with Crippen LogP contribution in [0.15, 0.2) is 54.6 Å². The van der Waals surface area contributed by atoms with E-state index in [1.54, 1.807) is 0 Å². The molecule has 0 fully saturated rings. The fraction of sp³-hybridized carbons (Fsp3) is 0.250. The molecule has 2 aromatic rings. The third kappa shape index (κ3) is 3.13. The Balaban J connectivity index is 2.19. The number of hydrogen-bond donors (Lipinski definition) is 2. The fourth-order valence-corrected chi connectivity index (χ4v) is 2.04. The Morgan fingerprint density at radius 1 is 0.842 bits per heavy atom. The van der Waals surface area contributed by atoms with Gasteiger partial charge in [0, 0.05) is 24.3 Å². The second-order valence-electron chi connectivity index (χ2n) is 4.55. The molecule has 0 bridgehead atoms. The van der Waals surface area contributed by atoms with Crippen molar-refractivity contribution in [3.63, 3.8) is 0 Å². The first-order valence-electron chi connectivity index (χ1n) is 6.36. The van der Waals surface area contributed by atoms with Crippen LogP contribution < -0.4 is 4.90 Å². The first-order chi connectivity index (χ1) is 9.26. The summed E-state index contributed by atoms with van der Waals surface area (Å²) in [5, 5.41) is 18.3. The zero-order valence-corrected chi connectivity index (χ0v) is 11.0. The second-order valence-corrected chi connectivity index (χ2v) is 4.55. The van der Waals surface area contributed by atoms with Crippen molar-refractivity contribution in [2.45, 2.75) is 5.92 Å². The lowest BCUT2D eigenvalue weighted by Gasteiger charge is -2.20. The molecule has 0 spiro atoms. The smallest absolute Gasteiger partial charge is 0.0521 e. The molecule has 0 aliphatic carbocycles. The van der Waals surface area contributed by atoms with E-state index in [-0.39, 0.29) is 19.1 Å². The largest absolute Gasteiger partial charge is 0.396 e. The number of anilines is 2. The van der Waals surface area contributed by atoms with Gasteiger partial charge in [-0.25, -0.2) is 0 Å². The van der Waals surface area contributed by atoms with Crippen molar-refractivity contribution in [2.24, 2.45) is 0 Å². The van der Waals surface area contributed by atoms with Crippen LogP contribution in [0.2, 0.25) is 0 Å². The highest BCUT2D eigenvalue weighted by Crippen LogP contribution is 2.25. The van der Waals surface area contributed by atoms with Crippen molar-refractivity contribution in [1.29, 1.82) is 0 Å². The van der Waals surface area contributed by atoms with Crippen LogP contribution in [0.5, 0.6) is 0 Å². The Kier molecular flexibility index (Phi) is 4.55. The molecule has 0 radical (unpaired) electrons. The summed E-state index contributed by atoms with van der Waals surface area (Å²) in [5.41, 5.74) is 3.15. The quantitative estimate of drug-likeness (QED) is 0.865. The maximum atomic E-state index is 9.17. The van der Waals surface area contributed by atoms with E-state index in [1.165, 1.54) is 0 Å². The van der Waals surface area contributed by atoms with Crippen LogP contribution in [0.1, 0.15) is 11.5 Å². The molecule has 0 heterocycles. The Labute approximate surface area is 113 Å². The topological polar surface area (TPSA) is 43.7 Å². The van der Waals surface area contributed by atoms with Crippen LogP contribution in [0, 0.1) is 0 Å². The molecule has 19 heavy (non-hydrogen) atoms. The number of para-hydroxylation sites is 1. The first-order valence-corrected chi connectivity index (χ1v) is 6.36. The van der Waals surface area contributed by atoms with Gasteiger partial charge in [0.2, 0.25) is 0 Å². The van der Waals surface area contributed by atoms with Crippen LogP contribution >= 0.6 is 0 Å². The predicted octanol–water partition coefficient (Wildman–Crippen LogP) is 2.52. The maximum Gasteiger partial charge on any atom is 0.0521 e. The van der Waals surface area contributed by atoms with Gasteiger partial charge in [-0.2, -0.15) is 0 Å². The van der Waals surface area contributed by atoms with Crippen LogP contribution in [0.4, 0.5) is 11.4 Å². The molecular weight excluding hydrogens is 238 g/mol. The Hall–Kier alpha value is -1.84. The van der Waals surface area contributed by atoms with Gasteiger partial charge in [-0.05, 0) is 29.8 Å². The molecule has 0 aromatic heterocycles. The maximum absolute atomic E-state index is 9.17. The summed E-state index contributed by atoms with van der Waals surface area (Å²) < 4.78 is 0. The summed E-state index contributed by atoms with van der Waals surface area (Å²) in [5.74, 6) is -0.198. The van der Waals surface area contributed by atoms with Gasteiger partial charge in [0.1, 0.15) is 0 Å². The van der Waals surface area contributed by atoms with E-state index in [0.29, 0.717) is 0 Å². The lowest BCUT2D eigenvalue weighted by molar-refractivity contribution is 0.192. The highest BCUT2D eigenvalue weighted by atomic mass is 16.3. The highest BCUT2D eigenvalue weighted by molar-refractivity contribution is 5.62. The van der Waals surface area contributed by atoms with Crippen LogP contribution in [0.3, 0.4) is 0 Å². The van der Waals surface area contributed by atoms with Gasteiger partial charge in [-0.1, -0.05) is 30.3 Å². The van der Waals surface area contributed by atoms with E-state index in [1.807, 2.05) is 49.5 Å². The van der Waals surface area contributed by atoms with Crippen molar-refractivity contribution in [3.8, 4) is 0 Å². The molecule has 3 heteroatoms. The Morgan fingerprint density at radius 2 is 1.37 bits per heavy atom. The van der Waals surface area contributed by atoms with Gasteiger partial charge in [-0.15, -0.1) is 0 Å². The Bertz CT molecular complexity index is 492. The van der Waals surface area contributed by atoms with Gasteiger partial charge in [0.15, 0.2) is 0 Å². The molecule has 0 unspecified atom stereocenters. The molecule has 2 N–H and O–H groups in total. The number of hydrogen-bond acceptors (Lipinski definition) is 3. The first kappa shape index (κ1) is 13.6. The number of nitrogens with zero attached hydrogens (tertiary/aromatic N) is 1. The summed E-state index contributed by atoms with van der Waals surface area (Å²) in [6, 6.07) is 18.0. The van der Waals surface area contributed by atoms with E-state index < -0.39 is 0 Å². The number of benzene rings is 2. The van der Waals surface area contributed by atoms with Gasteiger partial charge in [-0.3, -0.25) is 0 Å². The minimum atomic E-state index is -0.198. The lowest BCUT2D eigenvalue weighted by Crippen LogP contribution is -2.11. The van der Waals surface area contributed by atoms with Gasteiger partial charge >= 0.3 is 0 Å². The number of aliphatic hydroxyl groups is 2. The van der Waals surface area contributed by atoms with Crippen molar-refractivity contribution >= 4 is 11.4 Å². The standard InChI is InChI=1S/C16H19NO2/c1-17(15-5-3-2-4-6-15)16-9-7-13(8-10-16)14(11-18)12-19/h2-10,14,18-19H,11-12H2,1H3. The molecule has 100 valence electrons. The summed E-state index contributed by atoms with van der Waals surface area (Å²) in [6.45, 7) is -0.0747. The summed E-state index contributed by atoms with van der Waals surface area (Å²) in [6.07, 6.45) is 0. The second kappa shape index (κ2) is 6.36. The predicted molar refractivity (Wildman–Crippen MR) is 77.9 cm³/mol. The molecule has 2 rings (SSSR count). The third-order valence-electron chi connectivity index (χ3n) is 3.34. The lowest BCUT2D eigenvalue weighted by atomic mass is 10.0. The molecule has 0 aliphatic rings. The van der Waals surface area contributed by atoms with E-state index in [2.05, 4.69) is 17.0 Å². The molecule has 3 nitrogen and oxygen atoms in total. The summed E-state index contributed by atoms with van der Waals surface area (Å²) >= 11 is 0. The molecule has 0 saturated carbocycles. The SMILES string of the molecule is CN(c1ccccc1)c1ccc(C(CO)CO)cc1. The molecule has 0 amide bonds. The molecule has 0 saturated heterocycles. The van der Waals surface area contributed by atoms with E-state index in [4.69, 9.17) is 10.2 Å². The molecule has 0 aliphatic heterocycles. The van der Waals surface area contributed by atoms with Crippen molar-refractivity contribution in [1.82, 2.24) is 0 Å². The number of aliphatic hydroxyl groups excluding tert-OH is 2. The average molecular weight is 257 g/mol. The molecule has 2 aromatic carbocycles. The van der Waals surface area contributed by atoms with Gasteiger partial charge in [0.05, 0.1) is 13.2 Å². The Morgan fingerprint density at radius 3 is 1.89 bits per heavy atom. The highest BCUT2D eigenvalue weighted by Gasteiger charge is 2.09. The summed E-state index contributed by atoms with van der Waals surface area (Å²) in [4.78, 5) is 2.09. The van der Waals surface area contributed by atoms with E-state index in [0.717, 1.165) is 16.9 Å². The fourth-order valence-electron chi connectivity index (χ4n) is 2.04. The zero-order valence-electron chi connectivity index (χ0n) is 11.0. The van der Waals surface area contributed by atoms with Crippen LogP contribution in [-0.2, 0) is 0 Å². The normalized spacial score (nSPS) is 10.7. The zero-order chi connectivity index (χ0) is 13.7. The minimum absolute atomic E-state index is 0.0373. The van der Waals surface area contributed by atoms with Crippen molar-refractivity contribution < 1.29 is 10.2 Å². The van der Waals surface area contributed by atoms with E-state index >= 15 is 0 Å². The van der Waals surface area contributed by atoms with Gasteiger partial charge < -0.3 is 15.1 Å². The average Bonchev–Trinajstić information content (AvgIpc) is 2.49. The molecule has 0 atom stereocenters. The number of rotatable bonds is 5. The van der Waals surface area contributed by atoms with Crippen LogP contribution in [-0.4, -0.2) is 30.5 Å². The van der Waals surface area contributed by atoms with Gasteiger partial charge in [0.25, 0.3) is 0 Å². The third-order valence-corrected chi connectivity index (χ3v) is 3.34.